The monoisotopic (exact) mass is 459 g/mol. The van der Waals surface area contributed by atoms with Crippen LogP contribution in [0.5, 0.6) is 11.5 Å². The van der Waals surface area contributed by atoms with Gasteiger partial charge in [0.15, 0.2) is 0 Å². The fourth-order valence-electron chi connectivity index (χ4n) is 3.92. The summed E-state index contributed by atoms with van der Waals surface area (Å²) in [6.07, 6.45) is -0.208. The lowest BCUT2D eigenvalue weighted by molar-refractivity contribution is -0.139. The molecule has 2 aromatic rings. The van der Waals surface area contributed by atoms with Gasteiger partial charge in [0.25, 0.3) is 0 Å². The predicted octanol–water partition coefficient (Wildman–Crippen LogP) is 2.52. The third kappa shape index (κ3) is 6.04. The smallest absolute Gasteiger partial charge is 0.242 e. The first-order chi connectivity index (χ1) is 15.7. The molecule has 9 nitrogen and oxygen atoms in total. The van der Waals surface area contributed by atoms with Crippen molar-refractivity contribution in [2.45, 2.75) is 52.9 Å². The van der Waals surface area contributed by atoms with E-state index in [2.05, 4.69) is 5.16 Å². The Morgan fingerprint density at radius 3 is 2.36 bits per heavy atom. The van der Waals surface area contributed by atoms with E-state index in [1.54, 1.807) is 37.0 Å². The molecule has 0 saturated carbocycles. The Morgan fingerprint density at radius 1 is 1.15 bits per heavy atom. The molecule has 33 heavy (non-hydrogen) atoms. The van der Waals surface area contributed by atoms with Gasteiger partial charge in [-0.1, -0.05) is 5.16 Å². The van der Waals surface area contributed by atoms with Crippen LogP contribution in [0.1, 0.15) is 36.4 Å². The third-order valence-corrected chi connectivity index (χ3v) is 5.85. The summed E-state index contributed by atoms with van der Waals surface area (Å²) in [4.78, 5) is 29.4. The van der Waals surface area contributed by atoms with E-state index >= 15 is 0 Å². The summed E-state index contributed by atoms with van der Waals surface area (Å²) in [5, 5.41) is 3.92. The molecule has 1 saturated heterocycles. The molecule has 0 aliphatic carbocycles. The minimum absolute atomic E-state index is 0.00173. The van der Waals surface area contributed by atoms with Crippen molar-refractivity contribution in [2.75, 3.05) is 33.9 Å². The summed E-state index contributed by atoms with van der Waals surface area (Å²) >= 11 is 0. The Bertz CT molecular complexity index is 945. The lowest BCUT2D eigenvalue weighted by Gasteiger charge is -2.27. The quantitative estimate of drug-likeness (QED) is 0.599. The molecule has 0 bridgehead atoms. The molecule has 1 aromatic carbocycles. The van der Waals surface area contributed by atoms with E-state index in [-0.39, 0.29) is 36.9 Å². The molecule has 1 aromatic heterocycles. The van der Waals surface area contributed by atoms with Crippen LogP contribution >= 0.6 is 0 Å². The van der Waals surface area contributed by atoms with Gasteiger partial charge in [0.05, 0.1) is 45.6 Å². The van der Waals surface area contributed by atoms with E-state index in [1.165, 1.54) is 0 Å². The molecule has 0 spiro atoms. The number of hydrogen-bond acceptors (Lipinski definition) is 7. The van der Waals surface area contributed by atoms with Crippen LogP contribution in [-0.2, 0) is 27.4 Å². The van der Waals surface area contributed by atoms with Crippen molar-refractivity contribution >= 4 is 11.8 Å². The van der Waals surface area contributed by atoms with Crippen LogP contribution in [0.4, 0.5) is 0 Å². The maximum atomic E-state index is 13.1. The first-order valence-electron chi connectivity index (χ1n) is 11.0. The fourth-order valence-corrected chi connectivity index (χ4v) is 3.92. The Morgan fingerprint density at radius 2 is 1.82 bits per heavy atom. The summed E-state index contributed by atoms with van der Waals surface area (Å²) < 4.78 is 22.1. The first-order valence-corrected chi connectivity index (χ1v) is 11.0. The molecular formula is C24H33N3O6. The molecule has 1 aliphatic heterocycles. The van der Waals surface area contributed by atoms with Crippen LogP contribution in [0.2, 0.25) is 0 Å². The molecule has 1 atom stereocenters. The topological polar surface area (TPSA) is 94.3 Å². The maximum Gasteiger partial charge on any atom is 0.242 e. The van der Waals surface area contributed by atoms with Crippen molar-refractivity contribution in [3.8, 4) is 11.5 Å². The van der Waals surface area contributed by atoms with Gasteiger partial charge >= 0.3 is 0 Å². The van der Waals surface area contributed by atoms with E-state index in [9.17, 15) is 9.59 Å². The molecule has 0 radical (unpaired) electrons. The van der Waals surface area contributed by atoms with Crippen LogP contribution in [0.25, 0.3) is 0 Å². The van der Waals surface area contributed by atoms with Crippen molar-refractivity contribution in [2.24, 2.45) is 0 Å². The second-order valence-corrected chi connectivity index (χ2v) is 8.55. The highest BCUT2D eigenvalue weighted by Crippen LogP contribution is 2.24. The highest BCUT2D eigenvalue weighted by molar-refractivity contribution is 5.86. The number of aromatic nitrogens is 1. The van der Waals surface area contributed by atoms with E-state index in [0.717, 1.165) is 11.1 Å². The average Bonchev–Trinajstić information content (AvgIpc) is 3.00. The molecule has 0 unspecified atom stereocenters. The number of hydrogen-bond donors (Lipinski definition) is 0. The fraction of sp³-hybridized carbons (Fsp3) is 0.542. The SMILES string of the molecule is COc1cc(CO[C@@H]2CN(C(=O)Cc3c(C)noc3C)CC(=O)N(C(C)C)C2)cc(OC)c1. The van der Waals surface area contributed by atoms with Gasteiger partial charge in [-0.3, -0.25) is 9.59 Å². The number of methoxy groups -OCH3 is 2. The van der Waals surface area contributed by atoms with Crippen molar-refractivity contribution in [3.05, 3.63) is 40.8 Å². The van der Waals surface area contributed by atoms with Crippen LogP contribution in [-0.4, -0.2) is 72.8 Å². The highest BCUT2D eigenvalue weighted by Gasteiger charge is 2.32. The molecule has 3 rings (SSSR count). The predicted molar refractivity (Wildman–Crippen MR) is 121 cm³/mol. The summed E-state index contributed by atoms with van der Waals surface area (Å²) in [7, 11) is 3.19. The third-order valence-electron chi connectivity index (χ3n) is 5.85. The summed E-state index contributed by atoms with van der Waals surface area (Å²) in [6.45, 7) is 8.56. The Balaban J connectivity index is 1.76. The van der Waals surface area contributed by atoms with Crippen molar-refractivity contribution in [1.82, 2.24) is 15.0 Å². The summed E-state index contributed by atoms with van der Waals surface area (Å²) in [5.74, 6) is 1.71. The second kappa shape index (κ2) is 10.7. The molecule has 2 amide bonds. The van der Waals surface area contributed by atoms with Gasteiger partial charge in [0, 0.05) is 30.8 Å². The molecule has 0 N–H and O–H groups in total. The van der Waals surface area contributed by atoms with Gasteiger partial charge in [0.1, 0.15) is 17.3 Å². The minimum atomic E-state index is -0.343. The standard InChI is InChI=1S/C24H33N3O6/c1-15(2)27-12-21(32-14-18-7-19(30-5)9-20(8-18)31-6)11-26(13-24(27)29)23(28)10-22-16(3)25-33-17(22)4/h7-9,15,21H,10-14H2,1-6H3/t21-/m1/s1. The Labute approximate surface area is 194 Å². The van der Waals surface area contributed by atoms with Gasteiger partial charge < -0.3 is 28.5 Å². The van der Waals surface area contributed by atoms with E-state index in [4.69, 9.17) is 18.7 Å². The lowest BCUT2D eigenvalue weighted by atomic mass is 10.1. The van der Waals surface area contributed by atoms with Crippen LogP contribution < -0.4 is 9.47 Å². The number of aryl methyl sites for hydroxylation is 2. The van der Waals surface area contributed by atoms with Gasteiger partial charge in [0.2, 0.25) is 11.8 Å². The normalized spacial score (nSPS) is 16.8. The van der Waals surface area contributed by atoms with Crippen LogP contribution in [0, 0.1) is 13.8 Å². The first kappa shape index (κ1) is 24.6. The molecule has 1 aliphatic rings. The zero-order valence-electron chi connectivity index (χ0n) is 20.2. The Kier molecular flexibility index (Phi) is 7.97. The molecule has 1 fully saturated rings. The second-order valence-electron chi connectivity index (χ2n) is 8.55. The van der Waals surface area contributed by atoms with E-state index in [1.807, 2.05) is 32.9 Å². The minimum Gasteiger partial charge on any atom is -0.497 e. The van der Waals surface area contributed by atoms with Crippen LogP contribution in [0.15, 0.2) is 22.7 Å². The van der Waals surface area contributed by atoms with Gasteiger partial charge in [-0.25, -0.2) is 0 Å². The number of nitrogens with zero attached hydrogens (tertiary/aromatic N) is 3. The number of rotatable bonds is 8. The lowest BCUT2D eigenvalue weighted by Crippen LogP contribution is -2.42. The van der Waals surface area contributed by atoms with Crippen molar-refractivity contribution < 1.29 is 28.3 Å². The highest BCUT2D eigenvalue weighted by atomic mass is 16.5. The number of benzene rings is 1. The molecule has 180 valence electrons. The van der Waals surface area contributed by atoms with E-state index in [0.29, 0.717) is 42.6 Å². The van der Waals surface area contributed by atoms with Crippen LogP contribution in [0.3, 0.4) is 0 Å². The number of amides is 2. The molecular weight excluding hydrogens is 426 g/mol. The van der Waals surface area contributed by atoms with Gasteiger partial charge in [-0.15, -0.1) is 0 Å². The average molecular weight is 460 g/mol. The summed E-state index contributed by atoms with van der Waals surface area (Å²) in [6, 6.07) is 5.55. The van der Waals surface area contributed by atoms with Gasteiger partial charge in [-0.2, -0.15) is 0 Å². The zero-order valence-corrected chi connectivity index (χ0v) is 20.2. The molecule has 2 heterocycles. The number of carbonyl (C=O) groups is 2. The number of carbonyl (C=O) groups excluding carboxylic acids is 2. The molecule has 9 heteroatoms. The number of ether oxygens (including phenoxy) is 3. The van der Waals surface area contributed by atoms with Gasteiger partial charge in [-0.05, 0) is 45.4 Å². The zero-order chi connectivity index (χ0) is 24.1. The maximum absolute atomic E-state index is 13.1. The largest absolute Gasteiger partial charge is 0.497 e. The van der Waals surface area contributed by atoms with Crippen molar-refractivity contribution in [3.63, 3.8) is 0 Å². The van der Waals surface area contributed by atoms with E-state index < -0.39 is 0 Å². The summed E-state index contributed by atoms with van der Waals surface area (Å²) in [5.41, 5.74) is 2.33. The Hall–Kier alpha value is -3.07. The van der Waals surface area contributed by atoms with Crippen molar-refractivity contribution in [1.29, 1.82) is 0 Å².